The van der Waals surface area contributed by atoms with E-state index in [0.717, 1.165) is 29.9 Å². The molecule has 0 saturated heterocycles. The Morgan fingerprint density at radius 2 is 2.10 bits per heavy atom. The fraction of sp³-hybridized carbons (Fsp3) is 0.529. The van der Waals surface area contributed by atoms with Crippen LogP contribution in [-0.2, 0) is 16.6 Å². The number of Topliss-reactive ketones (excluding diaryl/α,β-unsaturated/α-hetero) is 1. The Balaban J connectivity index is 2.30. The van der Waals surface area contributed by atoms with Gasteiger partial charge in [0.15, 0.2) is 5.78 Å². The first-order valence-corrected chi connectivity index (χ1v) is 7.31. The molecule has 1 heterocycles. The van der Waals surface area contributed by atoms with Crippen LogP contribution in [0.3, 0.4) is 0 Å². The number of carbonyl (C=O) groups excluding carboxylic acids is 1. The Morgan fingerprint density at radius 3 is 2.76 bits per heavy atom. The number of nitrogens with zero attached hydrogens (tertiary/aromatic N) is 3. The van der Waals surface area contributed by atoms with Crippen molar-refractivity contribution in [3.8, 4) is 6.07 Å². The fourth-order valence-corrected chi connectivity index (χ4v) is 4.14. The van der Waals surface area contributed by atoms with Crippen LogP contribution in [0, 0.1) is 29.6 Å². The molecule has 4 nitrogen and oxygen atoms in total. The van der Waals surface area contributed by atoms with E-state index >= 15 is 0 Å². The number of rotatable bonds is 0. The maximum Gasteiger partial charge on any atom is 0.178 e. The molecule has 3 rings (SSSR count). The monoisotopic (exact) mass is 281 g/mol. The van der Waals surface area contributed by atoms with E-state index in [0.29, 0.717) is 0 Å². The number of nitriles is 1. The number of carbonyl (C=O) groups is 1. The van der Waals surface area contributed by atoms with Crippen molar-refractivity contribution in [1.29, 1.82) is 5.26 Å². The topological polar surface area (TPSA) is 66.6 Å². The highest BCUT2D eigenvalue weighted by Crippen LogP contribution is 2.53. The third-order valence-corrected chi connectivity index (χ3v) is 5.19. The molecule has 2 atom stereocenters. The van der Waals surface area contributed by atoms with Gasteiger partial charge < -0.3 is 0 Å². The van der Waals surface area contributed by atoms with Gasteiger partial charge in [-0.2, -0.15) is 5.26 Å². The summed E-state index contributed by atoms with van der Waals surface area (Å²) in [6.07, 6.45) is 5.55. The van der Waals surface area contributed by atoms with Crippen LogP contribution in [-0.4, -0.2) is 15.8 Å². The molecule has 4 heteroatoms. The largest absolute Gasteiger partial charge is 0.293 e. The molecule has 0 spiro atoms. The van der Waals surface area contributed by atoms with Crippen LogP contribution in [0.25, 0.3) is 0 Å². The zero-order chi connectivity index (χ0) is 15.4. The third-order valence-electron chi connectivity index (χ3n) is 5.19. The molecule has 0 bridgehead atoms. The molecular weight excluding hydrogens is 262 g/mol. The lowest BCUT2D eigenvalue weighted by molar-refractivity contribution is -0.128. The molecule has 0 aromatic carbocycles. The molecule has 1 unspecified atom stereocenters. The van der Waals surface area contributed by atoms with Gasteiger partial charge in [0.05, 0.1) is 11.3 Å². The van der Waals surface area contributed by atoms with Crippen molar-refractivity contribution < 1.29 is 4.79 Å². The van der Waals surface area contributed by atoms with Gasteiger partial charge in [-0.3, -0.25) is 4.79 Å². The van der Waals surface area contributed by atoms with E-state index < -0.39 is 5.41 Å². The molecular formula is C17H19N3O. The summed E-state index contributed by atoms with van der Waals surface area (Å²) in [6, 6.07) is 2.08. The van der Waals surface area contributed by atoms with Gasteiger partial charge in [0, 0.05) is 17.0 Å². The van der Waals surface area contributed by atoms with Crippen LogP contribution in [0.2, 0.25) is 0 Å². The molecule has 1 aromatic rings. The van der Waals surface area contributed by atoms with E-state index in [1.165, 1.54) is 0 Å². The Hall–Kier alpha value is -2.02. The SMILES string of the molecule is Cc1ncc2c(n1)[C@@]1(C)C=C(C#N)C(=O)C(C)(C)C1CC2. The standard InChI is InChI=1S/C17H19N3O/c1-10-19-9-11-5-6-13-16(2,3)15(21)12(8-18)7-17(13,4)14(11)20-10/h7,9,13H,5-6H2,1-4H3/t13?,17-/m0/s1. The van der Waals surface area contributed by atoms with E-state index in [9.17, 15) is 10.1 Å². The van der Waals surface area contributed by atoms with Crippen LogP contribution >= 0.6 is 0 Å². The predicted octanol–water partition coefficient (Wildman–Crippen LogP) is 2.66. The lowest BCUT2D eigenvalue weighted by Crippen LogP contribution is -2.51. The van der Waals surface area contributed by atoms with Crippen molar-refractivity contribution in [3.63, 3.8) is 0 Å². The van der Waals surface area contributed by atoms with Gasteiger partial charge in [-0.1, -0.05) is 26.8 Å². The molecule has 2 aliphatic carbocycles. The predicted molar refractivity (Wildman–Crippen MR) is 78.4 cm³/mol. The van der Waals surface area contributed by atoms with Crippen molar-refractivity contribution in [2.45, 2.75) is 46.0 Å². The van der Waals surface area contributed by atoms with Crippen molar-refractivity contribution in [2.75, 3.05) is 0 Å². The summed E-state index contributed by atoms with van der Waals surface area (Å²) in [7, 11) is 0. The van der Waals surface area contributed by atoms with E-state index in [2.05, 4.69) is 23.0 Å². The number of fused-ring (bicyclic) bond motifs is 3. The van der Waals surface area contributed by atoms with Crippen LogP contribution in [0.1, 0.15) is 44.3 Å². The molecule has 0 radical (unpaired) electrons. The van der Waals surface area contributed by atoms with Crippen molar-refractivity contribution in [3.05, 3.63) is 34.9 Å². The van der Waals surface area contributed by atoms with Crippen LogP contribution in [0.5, 0.6) is 0 Å². The van der Waals surface area contributed by atoms with E-state index in [1.54, 1.807) is 0 Å². The average Bonchev–Trinajstić information content (AvgIpc) is 2.43. The highest BCUT2D eigenvalue weighted by atomic mass is 16.1. The van der Waals surface area contributed by atoms with E-state index in [1.807, 2.05) is 33.0 Å². The van der Waals surface area contributed by atoms with Gasteiger partial charge in [0.25, 0.3) is 0 Å². The van der Waals surface area contributed by atoms with Gasteiger partial charge in [0.2, 0.25) is 0 Å². The fourth-order valence-electron chi connectivity index (χ4n) is 4.14. The number of aryl methyl sites for hydroxylation is 2. The second-order valence-corrected chi connectivity index (χ2v) is 6.89. The van der Waals surface area contributed by atoms with E-state index in [4.69, 9.17) is 0 Å². The average molecular weight is 281 g/mol. The number of aromatic nitrogens is 2. The number of hydrogen-bond acceptors (Lipinski definition) is 4. The summed E-state index contributed by atoms with van der Waals surface area (Å²) in [4.78, 5) is 21.5. The highest BCUT2D eigenvalue weighted by Gasteiger charge is 2.54. The minimum Gasteiger partial charge on any atom is -0.293 e. The van der Waals surface area contributed by atoms with Crippen molar-refractivity contribution in [1.82, 2.24) is 9.97 Å². The van der Waals surface area contributed by atoms with Gasteiger partial charge >= 0.3 is 0 Å². The van der Waals surface area contributed by atoms with Crippen molar-refractivity contribution in [2.24, 2.45) is 11.3 Å². The van der Waals surface area contributed by atoms with Crippen LogP contribution < -0.4 is 0 Å². The summed E-state index contributed by atoms with van der Waals surface area (Å²) in [5.74, 6) is 0.857. The number of ketones is 1. The quantitative estimate of drug-likeness (QED) is 0.733. The maximum absolute atomic E-state index is 12.5. The second-order valence-electron chi connectivity index (χ2n) is 6.89. The summed E-state index contributed by atoms with van der Waals surface area (Å²) in [6.45, 7) is 7.90. The van der Waals surface area contributed by atoms with Gasteiger partial charge in [-0.25, -0.2) is 9.97 Å². The molecule has 2 aliphatic rings. The van der Waals surface area contributed by atoms with Gasteiger partial charge in [-0.05, 0) is 31.2 Å². The molecule has 0 aliphatic heterocycles. The molecule has 0 N–H and O–H groups in total. The molecule has 108 valence electrons. The maximum atomic E-state index is 12.5. The molecule has 1 aromatic heterocycles. The molecule has 0 fully saturated rings. The zero-order valence-corrected chi connectivity index (χ0v) is 12.9. The normalized spacial score (nSPS) is 30.0. The first-order valence-electron chi connectivity index (χ1n) is 7.31. The lowest BCUT2D eigenvalue weighted by atomic mass is 9.52. The van der Waals surface area contributed by atoms with Crippen LogP contribution in [0.15, 0.2) is 17.8 Å². The first-order chi connectivity index (χ1) is 9.80. The lowest BCUT2D eigenvalue weighted by Gasteiger charge is -2.50. The summed E-state index contributed by atoms with van der Waals surface area (Å²) >= 11 is 0. The number of hydrogen-bond donors (Lipinski definition) is 0. The van der Waals surface area contributed by atoms with Gasteiger partial charge in [0.1, 0.15) is 11.9 Å². The molecule has 0 saturated carbocycles. The number of allylic oxidation sites excluding steroid dienone is 2. The third kappa shape index (κ3) is 1.77. The van der Waals surface area contributed by atoms with Gasteiger partial charge in [-0.15, -0.1) is 0 Å². The van der Waals surface area contributed by atoms with E-state index in [-0.39, 0.29) is 22.7 Å². The summed E-state index contributed by atoms with van der Waals surface area (Å²) < 4.78 is 0. The van der Waals surface area contributed by atoms with Crippen molar-refractivity contribution >= 4 is 5.78 Å². The summed E-state index contributed by atoms with van der Waals surface area (Å²) in [5, 5.41) is 9.33. The minimum atomic E-state index is -0.537. The minimum absolute atomic E-state index is 0.0401. The molecule has 21 heavy (non-hydrogen) atoms. The highest BCUT2D eigenvalue weighted by molar-refractivity contribution is 6.04. The smallest absolute Gasteiger partial charge is 0.178 e. The summed E-state index contributed by atoms with van der Waals surface area (Å²) in [5.41, 5.74) is 1.48. The Kier molecular flexibility index (Phi) is 2.81. The Bertz CT molecular complexity index is 711. The molecule has 0 amide bonds. The Labute approximate surface area is 124 Å². The zero-order valence-electron chi connectivity index (χ0n) is 12.9. The first kappa shape index (κ1) is 13.9. The van der Waals surface area contributed by atoms with Crippen LogP contribution in [0.4, 0.5) is 0 Å². The second kappa shape index (κ2) is 4.24. The Morgan fingerprint density at radius 1 is 1.38 bits per heavy atom.